The number of ether oxygens (including phenoxy) is 1. The Morgan fingerprint density at radius 2 is 1.55 bits per heavy atom. The Hall–Kier alpha value is -2.55. The molecule has 0 bridgehead atoms. The van der Waals surface area contributed by atoms with Gasteiger partial charge in [0.25, 0.3) is 0 Å². The van der Waals surface area contributed by atoms with E-state index in [9.17, 15) is 4.79 Å². The molecule has 0 radical (unpaired) electrons. The van der Waals surface area contributed by atoms with Gasteiger partial charge in [0, 0.05) is 11.5 Å². The number of amides is 1. The van der Waals surface area contributed by atoms with Gasteiger partial charge in [-0.3, -0.25) is 4.90 Å². The highest BCUT2D eigenvalue weighted by atomic mass is 16.6. The summed E-state index contributed by atoms with van der Waals surface area (Å²) in [6, 6.07) is 21.0. The normalized spacial score (nSPS) is 18.9. The number of rotatable bonds is 4. The molecule has 1 heterocycles. The lowest BCUT2D eigenvalue weighted by molar-refractivity contribution is 0.00361. The Kier molecular flexibility index (Phi) is 5.88. The standard InChI is InChI=1S/C26H33NO2/c1-19-18-26(5,6)27(24(28)29-25(2,3)4)23(19)17-22(20-13-9-7-10-14-20)21-15-11-8-12-16-21/h7-16,22-23H,1,17-18H2,2-6H3. The molecule has 0 N–H and O–H groups in total. The third-order valence-electron chi connectivity index (χ3n) is 5.55. The van der Waals surface area contributed by atoms with E-state index in [2.05, 4.69) is 69.0 Å². The number of likely N-dealkylation sites (tertiary alicyclic amines) is 1. The van der Waals surface area contributed by atoms with E-state index in [-0.39, 0.29) is 23.6 Å². The van der Waals surface area contributed by atoms with Gasteiger partial charge in [0.2, 0.25) is 0 Å². The van der Waals surface area contributed by atoms with Crippen LogP contribution < -0.4 is 0 Å². The van der Waals surface area contributed by atoms with Crippen molar-refractivity contribution in [2.24, 2.45) is 0 Å². The lowest BCUT2D eigenvalue weighted by Gasteiger charge is -2.38. The molecule has 1 fully saturated rings. The van der Waals surface area contributed by atoms with Crippen LogP contribution in [-0.2, 0) is 4.74 Å². The van der Waals surface area contributed by atoms with Crippen LogP contribution in [0, 0.1) is 0 Å². The van der Waals surface area contributed by atoms with Crippen LogP contribution in [0.1, 0.15) is 64.5 Å². The van der Waals surface area contributed by atoms with Crippen LogP contribution >= 0.6 is 0 Å². The van der Waals surface area contributed by atoms with Gasteiger partial charge in [-0.05, 0) is 58.6 Å². The van der Waals surface area contributed by atoms with Crippen LogP contribution in [-0.4, -0.2) is 28.2 Å². The molecule has 2 aromatic carbocycles. The lowest BCUT2D eigenvalue weighted by atomic mass is 9.84. The van der Waals surface area contributed by atoms with Gasteiger partial charge in [-0.25, -0.2) is 4.79 Å². The maximum Gasteiger partial charge on any atom is 0.411 e. The first-order valence-corrected chi connectivity index (χ1v) is 10.4. The average molecular weight is 392 g/mol. The van der Waals surface area contributed by atoms with Gasteiger partial charge in [0.05, 0.1) is 6.04 Å². The first-order chi connectivity index (χ1) is 13.6. The number of carbonyl (C=O) groups excluding carboxylic acids is 1. The fourth-order valence-corrected chi connectivity index (χ4v) is 4.38. The van der Waals surface area contributed by atoms with E-state index in [0.717, 1.165) is 18.4 Å². The number of benzene rings is 2. The second-order valence-corrected chi connectivity index (χ2v) is 9.62. The molecule has 0 aromatic heterocycles. The first kappa shape index (κ1) is 21.2. The third-order valence-corrected chi connectivity index (χ3v) is 5.55. The smallest absolute Gasteiger partial charge is 0.411 e. The molecule has 0 saturated carbocycles. The molecule has 29 heavy (non-hydrogen) atoms. The highest BCUT2D eigenvalue weighted by molar-refractivity contribution is 5.71. The fourth-order valence-electron chi connectivity index (χ4n) is 4.38. The van der Waals surface area contributed by atoms with Crippen molar-refractivity contribution in [1.82, 2.24) is 4.90 Å². The molecule has 1 saturated heterocycles. The Morgan fingerprint density at radius 3 is 2.00 bits per heavy atom. The molecule has 1 amide bonds. The summed E-state index contributed by atoms with van der Waals surface area (Å²) >= 11 is 0. The predicted molar refractivity (Wildman–Crippen MR) is 119 cm³/mol. The highest BCUT2D eigenvalue weighted by Gasteiger charge is 2.47. The molecule has 3 rings (SSSR count). The summed E-state index contributed by atoms with van der Waals surface area (Å²) in [6.45, 7) is 14.3. The second-order valence-electron chi connectivity index (χ2n) is 9.62. The average Bonchev–Trinajstić information content (AvgIpc) is 2.87. The van der Waals surface area contributed by atoms with E-state index >= 15 is 0 Å². The third kappa shape index (κ3) is 4.90. The SMILES string of the molecule is C=C1CC(C)(C)N(C(=O)OC(C)(C)C)C1CC(c1ccccc1)c1ccccc1. The van der Waals surface area contributed by atoms with Gasteiger partial charge < -0.3 is 4.74 Å². The van der Waals surface area contributed by atoms with E-state index in [4.69, 9.17) is 4.74 Å². The summed E-state index contributed by atoms with van der Waals surface area (Å²) in [4.78, 5) is 15.1. The van der Waals surface area contributed by atoms with Crippen LogP contribution in [0.2, 0.25) is 0 Å². The largest absolute Gasteiger partial charge is 0.444 e. The minimum absolute atomic E-state index is 0.0646. The molecular weight excluding hydrogens is 358 g/mol. The van der Waals surface area contributed by atoms with E-state index < -0.39 is 5.60 Å². The van der Waals surface area contributed by atoms with Crippen molar-refractivity contribution in [3.05, 3.63) is 83.9 Å². The molecule has 0 aliphatic carbocycles. The summed E-state index contributed by atoms with van der Waals surface area (Å²) in [5.41, 5.74) is 2.75. The van der Waals surface area contributed by atoms with Crippen molar-refractivity contribution >= 4 is 6.09 Å². The van der Waals surface area contributed by atoms with Crippen LogP contribution in [0.5, 0.6) is 0 Å². The maximum absolute atomic E-state index is 13.1. The van der Waals surface area contributed by atoms with Crippen molar-refractivity contribution in [3.63, 3.8) is 0 Å². The Balaban J connectivity index is 1.96. The summed E-state index contributed by atoms with van der Waals surface area (Å²) in [6.07, 6.45) is 1.31. The van der Waals surface area contributed by atoms with Crippen molar-refractivity contribution in [1.29, 1.82) is 0 Å². The van der Waals surface area contributed by atoms with E-state index in [1.807, 2.05) is 37.8 Å². The summed E-state index contributed by atoms with van der Waals surface area (Å²) in [5.74, 6) is 0.179. The zero-order chi connectivity index (χ0) is 21.2. The van der Waals surface area contributed by atoms with Crippen molar-refractivity contribution < 1.29 is 9.53 Å². The summed E-state index contributed by atoms with van der Waals surface area (Å²) < 4.78 is 5.77. The Morgan fingerprint density at radius 1 is 1.07 bits per heavy atom. The molecule has 154 valence electrons. The molecule has 3 heteroatoms. The molecular formula is C26H33NO2. The van der Waals surface area contributed by atoms with E-state index in [1.165, 1.54) is 11.1 Å². The topological polar surface area (TPSA) is 29.5 Å². The minimum atomic E-state index is -0.528. The molecule has 0 spiro atoms. The van der Waals surface area contributed by atoms with E-state index in [1.54, 1.807) is 0 Å². The van der Waals surface area contributed by atoms with Crippen molar-refractivity contribution in [2.45, 2.75) is 70.6 Å². The molecule has 2 aromatic rings. The quantitative estimate of drug-likeness (QED) is 0.553. The maximum atomic E-state index is 13.1. The number of carbonyl (C=O) groups is 1. The zero-order valence-electron chi connectivity index (χ0n) is 18.3. The Labute approximate surface area is 175 Å². The first-order valence-electron chi connectivity index (χ1n) is 10.4. The number of nitrogens with zero attached hydrogens (tertiary/aromatic N) is 1. The van der Waals surface area contributed by atoms with Gasteiger partial charge in [0.1, 0.15) is 5.60 Å². The van der Waals surface area contributed by atoms with Crippen LogP contribution in [0.4, 0.5) is 4.79 Å². The molecule has 1 aliphatic rings. The molecule has 3 nitrogen and oxygen atoms in total. The van der Waals surface area contributed by atoms with Crippen molar-refractivity contribution in [2.75, 3.05) is 0 Å². The monoisotopic (exact) mass is 391 g/mol. The molecule has 1 unspecified atom stereocenters. The molecule has 1 aliphatic heterocycles. The summed E-state index contributed by atoms with van der Waals surface area (Å²) in [7, 11) is 0. The van der Waals surface area contributed by atoms with Crippen LogP contribution in [0.3, 0.4) is 0 Å². The second kappa shape index (κ2) is 8.06. The van der Waals surface area contributed by atoms with Crippen molar-refractivity contribution in [3.8, 4) is 0 Å². The minimum Gasteiger partial charge on any atom is -0.444 e. The fraction of sp³-hybridized carbons (Fsp3) is 0.423. The van der Waals surface area contributed by atoms with Gasteiger partial charge in [-0.2, -0.15) is 0 Å². The number of hydrogen-bond donors (Lipinski definition) is 0. The van der Waals surface area contributed by atoms with Crippen LogP contribution in [0.15, 0.2) is 72.8 Å². The van der Waals surface area contributed by atoms with Gasteiger partial charge in [-0.15, -0.1) is 0 Å². The predicted octanol–water partition coefficient (Wildman–Crippen LogP) is 6.55. The van der Waals surface area contributed by atoms with Gasteiger partial charge >= 0.3 is 6.09 Å². The Bertz CT molecular complexity index is 810. The van der Waals surface area contributed by atoms with Gasteiger partial charge in [0.15, 0.2) is 0 Å². The number of hydrogen-bond acceptors (Lipinski definition) is 2. The van der Waals surface area contributed by atoms with E-state index in [0.29, 0.717) is 0 Å². The zero-order valence-corrected chi connectivity index (χ0v) is 18.3. The molecule has 1 atom stereocenters. The van der Waals surface area contributed by atoms with Gasteiger partial charge in [-0.1, -0.05) is 72.8 Å². The van der Waals surface area contributed by atoms with Crippen LogP contribution in [0.25, 0.3) is 0 Å². The lowest BCUT2D eigenvalue weighted by Crippen LogP contribution is -2.49. The summed E-state index contributed by atoms with van der Waals surface area (Å²) in [5, 5.41) is 0. The highest BCUT2D eigenvalue weighted by Crippen LogP contribution is 2.43.